The van der Waals surface area contributed by atoms with Crippen molar-refractivity contribution >= 4 is 15.7 Å². The highest BCUT2D eigenvalue weighted by atomic mass is 32.2. The van der Waals surface area contributed by atoms with E-state index in [4.69, 9.17) is 23.7 Å². The van der Waals surface area contributed by atoms with E-state index in [0.717, 1.165) is 6.26 Å². The van der Waals surface area contributed by atoms with Crippen LogP contribution in [0.4, 0.5) is 0 Å². The fraction of sp³-hybridized carbons (Fsp3) is 0.385. The lowest BCUT2D eigenvalue weighted by atomic mass is 10.1. The van der Waals surface area contributed by atoms with Gasteiger partial charge in [-0.05, 0) is 43.3 Å². The van der Waals surface area contributed by atoms with Crippen LogP contribution < -0.4 is 14.2 Å². The highest BCUT2D eigenvalue weighted by Crippen LogP contribution is 2.33. The molecule has 1 N–H and O–H groups in total. The summed E-state index contributed by atoms with van der Waals surface area (Å²) in [6, 6.07) is 13.2. The smallest absolute Gasteiger partial charge is 0.260 e. The molecular weight excluding hydrogens is 514 g/mol. The van der Waals surface area contributed by atoms with E-state index in [-0.39, 0.29) is 29.4 Å². The van der Waals surface area contributed by atoms with Crippen LogP contribution in [0.5, 0.6) is 23.1 Å². The summed E-state index contributed by atoms with van der Waals surface area (Å²) < 4.78 is 51.6. The largest absolute Gasteiger partial charge is 0.488 e. The minimum Gasteiger partial charge on any atom is -0.488 e. The van der Waals surface area contributed by atoms with E-state index in [1.807, 2.05) is 13.0 Å². The Morgan fingerprint density at radius 3 is 2.47 bits per heavy atom. The first kappa shape index (κ1) is 27.4. The highest BCUT2D eigenvalue weighted by Gasteiger charge is 2.18. The van der Waals surface area contributed by atoms with Gasteiger partial charge in [0.1, 0.15) is 23.4 Å². The number of amides is 1. The van der Waals surface area contributed by atoms with E-state index in [9.17, 15) is 13.2 Å². The first-order chi connectivity index (χ1) is 18.2. The number of carbonyl (C=O) groups is 1. The average molecular weight is 546 g/mol. The molecule has 1 aromatic heterocycles. The molecule has 1 unspecified atom stereocenters. The molecule has 1 saturated heterocycles. The van der Waals surface area contributed by atoms with Crippen molar-refractivity contribution < 1.29 is 36.9 Å². The number of H-pyrrole nitrogens is 1. The summed E-state index contributed by atoms with van der Waals surface area (Å²) in [6.07, 6.45) is 0.932. The van der Waals surface area contributed by atoms with Crippen LogP contribution >= 0.6 is 0 Å². The lowest BCUT2D eigenvalue weighted by Gasteiger charge is -2.26. The van der Waals surface area contributed by atoms with Gasteiger partial charge in [-0.25, -0.2) is 8.42 Å². The van der Waals surface area contributed by atoms with Gasteiger partial charge < -0.3 is 28.6 Å². The summed E-state index contributed by atoms with van der Waals surface area (Å²) in [5.74, 6) is 1.61. The molecule has 12 heteroatoms. The van der Waals surface area contributed by atoms with Crippen LogP contribution in [0.2, 0.25) is 0 Å². The number of nitrogens with zero attached hydrogens (tertiary/aromatic N) is 2. The van der Waals surface area contributed by atoms with Crippen LogP contribution in [0, 0.1) is 0 Å². The molecule has 0 saturated carbocycles. The van der Waals surface area contributed by atoms with Gasteiger partial charge in [-0.2, -0.15) is 0 Å². The summed E-state index contributed by atoms with van der Waals surface area (Å²) in [5.41, 5.74) is 1.33. The van der Waals surface area contributed by atoms with Crippen LogP contribution in [-0.2, 0) is 24.1 Å². The molecular formula is C26H31N3O8S. The molecule has 1 amide bonds. The van der Waals surface area contributed by atoms with Crippen molar-refractivity contribution in [1.82, 2.24) is 15.1 Å². The van der Waals surface area contributed by atoms with E-state index in [1.165, 1.54) is 12.1 Å². The minimum atomic E-state index is -3.32. The first-order valence-corrected chi connectivity index (χ1v) is 13.9. The molecule has 1 fully saturated rings. The fourth-order valence-electron chi connectivity index (χ4n) is 3.81. The second-order valence-electron chi connectivity index (χ2n) is 8.82. The van der Waals surface area contributed by atoms with Gasteiger partial charge in [-0.1, -0.05) is 0 Å². The number of morpholine rings is 1. The van der Waals surface area contributed by atoms with E-state index in [2.05, 4.69) is 10.2 Å². The quantitative estimate of drug-likeness (QED) is 0.387. The van der Waals surface area contributed by atoms with Crippen molar-refractivity contribution in [3.05, 3.63) is 48.5 Å². The maximum Gasteiger partial charge on any atom is 0.260 e. The summed E-state index contributed by atoms with van der Waals surface area (Å²) in [6.45, 7) is 4.28. The Labute approximate surface area is 221 Å². The zero-order chi connectivity index (χ0) is 27.1. The fourth-order valence-corrected chi connectivity index (χ4v) is 4.44. The summed E-state index contributed by atoms with van der Waals surface area (Å²) in [7, 11) is -1.72. The number of benzene rings is 2. The molecule has 0 spiro atoms. The number of aromatic nitrogens is 2. The molecule has 0 aliphatic carbocycles. The van der Waals surface area contributed by atoms with E-state index in [0.29, 0.717) is 61.4 Å². The van der Waals surface area contributed by atoms with Gasteiger partial charge in [0.05, 0.1) is 30.4 Å². The lowest BCUT2D eigenvalue weighted by Crippen LogP contribution is -2.43. The third-order valence-corrected chi connectivity index (χ3v) is 6.81. The number of sulfone groups is 1. The van der Waals surface area contributed by atoms with Crippen molar-refractivity contribution in [3.63, 3.8) is 0 Å². The van der Waals surface area contributed by atoms with Crippen molar-refractivity contribution in [1.29, 1.82) is 0 Å². The topological polar surface area (TPSA) is 129 Å². The molecule has 1 atom stereocenters. The van der Waals surface area contributed by atoms with Gasteiger partial charge in [0.2, 0.25) is 5.88 Å². The van der Waals surface area contributed by atoms with E-state index >= 15 is 0 Å². The molecule has 3 aromatic rings. The molecule has 2 heterocycles. The van der Waals surface area contributed by atoms with Crippen LogP contribution in [0.25, 0.3) is 11.3 Å². The maximum absolute atomic E-state index is 12.4. The summed E-state index contributed by atoms with van der Waals surface area (Å²) >= 11 is 0. The number of rotatable bonds is 11. The van der Waals surface area contributed by atoms with Crippen LogP contribution in [0.15, 0.2) is 53.4 Å². The SMILES string of the molecule is COCC(C)Oc1cc(Oc2ccc(S(C)(=O)=O)cc2)cc(-c2cc(OCC(=O)N3CCOCC3)n[nH]2)c1. The molecule has 0 bridgehead atoms. The van der Waals surface area contributed by atoms with E-state index in [1.54, 1.807) is 42.3 Å². The molecule has 204 valence electrons. The number of methoxy groups -OCH3 is 1. The van der Waals surface area contributed by atoms with Crippen LogP contribution in [0.1, 0.15) is 6.92 Å². The van der Waals surface area contributed by atoms with Crippen molar-refractivity contribution in [3.8, 4) is 34.4 Å². The maximum atomic E-state index is 12.4. The van der Waals surface area contributed by atoms with Crippen molar-refractivity contribution in [2.75, 3.05) is 52.9 Å². The van der Waals surface area contributed by atoms with Gasteiger partial charge in [-0.15, -0.1) is 5.10 Å². The molecule has 38 heavy (non-hydrogen) atoms. The van der Waals surface area contributed by atoms with Crippen LogP contribution in [0.3, 0.4) is 0 Å². The van der Waals surface area contributed by atoms with Crippen LogP contribution in [-0.4, -0.2) is 88.4 Å². The summed E-state index contributed by atoms with van der Waals surface area (Å²) in [5, 5.41) is 7.10. The van der Waals surface area contributed by atoms with Gasteiger partial charge in [0, 0.05) is 44.2 Å². The normalized spacial score (nSPS) is 14.7. The zero-order valence-electron chi connectivity index (χ0n) is 21.5. The number of hydrogen-bond acceptors (Lipinski definition) is 9. The Morgan fingerprint density at radius 2 is 1.79 bits per heavy atom. The third kappa shape index (κ3) is 7.46. The molecule has 4 rings (SSSR count). The predicted octanol–water partition coefficient (Wildman–Crippen LogP) is 2.92. The molecule has 11 nitrogen and oxygen atoms in total. The third-order valence-electron chi connectivity index (χ3n) is 5.68. The van der Waals surface area contributed by atoms with E-state index < -0.39 is 9.84 Å². The van der Waals surface area contributed by atoms with Gasteiger partial charge in [0.25, 0.3) is 5.91 Å². The van der Waals surface area contributed by atoms with Crippen molar-refractivity contribution in [2.45, 2.75) is 17.9 Å². The summed E-state index contributed by atoms with van der Waals surface area (Å²) in [4.78, 5) is 14.3. The van der Waals surface area contributed by atoms with Gasteiger partial charge >= 0.3 is 0 Å². The number of hydrogen-bond donors (Lipinski definition) is 1. The molecule has 1 aliphatic heterocycles. The first-order valence-electron chi connectivity index (χ1n) is 12.0. The Balaban J connectivity index is 1.52. The predicted molar refractivity (Wildman–Crippen MR) is 139 cm³/mol. The Kier molecular flexibility index (Phi) is 8.87. The molecule has 2 aromatic carbocycles. The minimum absolute atomic E-state index is 0.125. The number of aromatic amines is 1. The van der Waals surface area contributed by atoms with Crippen molar-refractivity contribution in [2.24, 2.45) is 0 Å². The second kappa shape index (κ2) is 12.3. The van der Waals surface area contributed by atoms with Gasteiger partial charge in [0.15, 0.2) is 16.4 Å². The Hall–Kier alpha value is -3.61. The lowest BCUT2D eigenvalue weighted by molar-refractivity contribution is -0.137. The Bertz CT molecular complexity index is 1330. The monoisotopic (exact) mass is 545 g/mol. The molecule has 0 radical (unpaired) electrons. The highest BCUT2D eigenvalue weighted by molar-refractivity contribution is 7.90. The van der Waals surface area contributed by atoms with Gasteiger partial charge in [-0.3, -0.25) is 9.89 Å². The molecule has 1 aliphatic rings. The second-order valence-corrected chi connectivity index (χ2v) is 10.8. The standard InChI is InChI=1S/C26H31N3O8S/c1-18(16-33-2)36-21-12-19(13-22(14-21)37-20-4-6-23(7-5-20)38(3,31)32)24-15-25(28-27-24)35-17-26(30)29-8-10-34-11-9-29/h4-7,12-15,18H,8-11,16-17H2,1-3H3,(H,27,28). The number of carbonyl (C=O) groups excluding carboxylic acids is 1. The Morgan fingerprint density at radius 1 is 1.08 bits per heavy atom. The number of ether oxygens (including phenoxy) is 5. The average Bonchev–Trinajstić information content (AvgIpc) is 3.37. The number of nitrogens with one attached hydrogen (secondary N) is 1. The zero-order valence-corrected chi connectivity index (χ0v) is 22.3.